The number of ether oxygens (including phenoxy) is 1. The van der Waals surface area contributed by atoms with Crippen LogP contribution in [-0.4, -0.2) is 38.5 Å². The molecule has 0 amide bonds. The smallest absolute Gasteiger partial charge is 0.490 e. The molecule has 5 heteroatoms. The Morgan fingerprint density at radius 1 is 1.14 bits per heavy atom. The van der Waals surface area contributed by atoms with Crippen molar-refractivity contribution in [1.82, 2.24) is 0 Å². The fraction of sp³-hybridized carbons (Fsp3) is 0.647. The molecule has 3 rings (SSSR count). The van der Waals surface area contributed by atoms with Crippen LogP contribution in [0.1, 0.15) is 40.2 Å². The third-order valence-electron chi connectivity index (χ3n) is 5.21. The Hall–Kier alpha value is -1.20. The second-order valence-corrected chi connectivity index (χ2v) is 7.19. The van der Waals surface area contributed by atoms with Crippen molar-refractivity contribution in [2.45, 2.75) is 52.2 Å². The molecule has 0 N–H and O–H groups in total. The van der Waals surface area contributed by atoms with Crippen LogP contribution >= 0.6 is 0 Å². The topological polar surface area (TPSA) is 30.9 Å². The number of hydrogen-bond donors (Lipinski definition) is 0. The van der Waals surface area contributed by atoms with Crippen molar-refractivity contribution in [3.05, 3.63) is 17.7 Å². The summed E-state index contributed by atoms with van der Waals surface area (Å²) in [6, 6.07) is 4.14. The average molecular weight is 303 g/mol. The third kappa shape index (κ3) is 2.31. The highest BCUT2D eigenvalue weighted by atomic mass is 16.7. The Labute approximate surface area is 133 Å². The van der Waals surface area contributed by atoms with Crippen molar-refractivity contribution in [3.63, 3.8) is 0 Å². The van der Waals surface area contributed by atoms with Crippen LogP contribution in [0.5, 0.6) is 5.75 Å². The van der Waals surface area contributed by atoms with E-state index in [9.17, 15) is 0 Å². The molecule has 0 unspecified atom stereocenters. The molecule has 2 aliphatic rings. The van der Waals surface area contributed by atoms with Crippen LogP contribution in [0.4, 0.5) is 5.69 Å². The Kier molecular flexibility index (Phi) is 3.69. The van der Waals surface area contributed by atoms with E-state index >= 15 is 0 Å². The first kappa shape index (κ1) is 15.7. The number of likely N-dealkylation sites (N-methyl/N-ethyl adjacent to an activating group) is 1. The van der Waals surface area contributed by atoms with Crippen LogP contribution in [0.2, 0.25) is 0 Å². The number of nitrogens with zero attached hydrogens (tertiary/aromatic N) is 1. The van der Waals surface area contributed by atoms with Gasteiger partial charge in [0.15, 0.2) is 0 Å². The molecule has 2 aliphatic heterocycles. The molecule has 0 bridgehead atoms. The van der Waals surface area contributed by atoms with E-state index in [1.807, 2.05) is 6.07 Å². The minimum atomic E-state index is -0.319. The van der Waals surface area contributed by atoms with Crippen molar-refractivity contribution < 1.29 is 14.0 Å². The SMILES string of the molecule is CCc1c(B2OC(C)(C)C(C)(C)O2)ccc2c1N(C)CCO2. The minimum absolute atomic E-state index is 0.318. The molecule has 120 valence electrons. The maximum atomic E-state index is 6.24. The fourth-order valence-electron chi connectivity index (χ4n) is 3.13. The van der Waals surface area contributed by atoms with Crippen molar-refractivity contribution in [2.24, 2.45) is 0 Å². The van der Waals surface area contributed by atoms with Gasteiger partial charge >= 0.3 is 7.12 Å². The summed E-state index contributed by atoms with van der Waals surface area (Å²) in [5, 5.41) is 0. The quantitative estimate of drug-likeness (QED) is 0.785. The van der Waals surface area contributed by atoms with Gasteiger partial charge in [0.05, 0.1) is 23.4 Å². The third-order valence-corrected chi connectivity index (χ3v) is 5.21. The second kappa shape index (κ2) is 5.17. The lowest BCUT2D eigenvalue weighted by Crippen LogP contribution is -2.41. The second-order valence-electron chi connectivity index (χ2n) is 7.19. The minimum Gasteiger partial charge on any atom is -0.490 e. The maximum absolute atomic E-state index is 6.24. The Morgan fingerprint density at radius 2 is 1.77 bits per heavy atom. The van der Waals surface area contributed by atoms with Crippen molar-refractivity contribution in [1.29, 1.82) is 0 Å². The summed E-state index contributed by atoms with van der Waals surface area (Å²) in [6.45, 7) is 12.2. The zero-order valence-electron chi connectivity index (χ0n) is 14.5. The van der Waals surface area contributed by atoms with Gasteiger partial charge in [0, 0.05) is 7.05 Å². The number of benzene rings is 1. The first-order valence-electron chi connectivity index (χ1n) is 8.12. The van der Waals surface area contributed by atoms with Gasteiger partial charge in [-0.25, -0.2) is 0 Å². The molecule has 4 nitrogen and oxygen atoms in total. The molecule has 2 heterocycles. The molecule has 0 radical (unpaired) electrons. The van der Waals surface area contributed by atoms with E-state index in [2.05, 4.69) is 52.6 Å². The van der Waals surface area contributed by atoms with Gasteiger partial charge in [-0.2, -0.15) is 0 Å². The van der Waals surface area contributed by atoms with Gasteiger partial charge in [0.1, 0.15) is 12.4 Å². The zero-order chi connectivity index (χ0) is 16.1. The summed E-state index contributed by atoms with van der Waals surface area (Å²) in [6.07, 6.45) is 0.927. The van der Waals surface area contributed by atoms with E-state index < -0.39 is 0 Å². The highest BCUT2D eigenvalue weighted by molar-refractivity contribution is 6.62. The largest absolute Gasteiger partial charge is 0.495 e. The van der Waals surface area contributed by atoms with Crippen LogP contribution in [0.3, 0.4) is 0 Å². The Bertz CT molecular complexity index is 570. The van der Waals surface area contributed by atoms with Crippen LogP contribution in [0.25, 0.3) is 0 Å². The molecule has 0 atom stereocenters. The number of anilines is 1. The van der Waals surface area contributed by atoms with Crippen LogP contribution in [0, 0.1) is 0 Å². The molecular formula is C17H26BNO3. The van der Waals surface area contributed by atoms with Gasteiger partial charge in [-0.1, -0.05) is 13.0 Å². The molecule has 1 fully saturated rings. The normalized spacial score (nSPS) is 22.5. The standard InChI is InChI=1S/C17H26BNO3/c1-7-12-13(18-21-16(2,3)17(4,5)22-18)8-9-14-15(12)19(6)10-11-20-14/h8-9H,7,10-11H2,1-6H3. The molecule has 0 spiro atoms. The highest BCUT2D eigenvalue weighted by Gasteiger charge is 2.52. The summed E-state index contributed by atoms with van der Waals surface area (Å²) < 4.78 is 18.3. The zero-order valence-corrected chi connectivity index (χ0v) is 14.5. The Morgan fingerprint density at radius 3 is 2.36 bits per heavy atom. The van der Waals surface area contributed by atoms with E-state index in [0.717, 1.165) is 30.8 Å². The van der Waals surface area contributed by atoms with Gasteiger partial charge in [-0.15, -0.1) is 0 Å². The van der Waals surface area contributed by atoms with Gasteiger partial charge in [0.2, 0.25) is 0 Å². The van der Waals surface area contributed by atoms with Crippen molar-refractivity contribution in [2.75, 3.05) is 25.1 Å². The van der Waals surface area contributed by atoms with E-state index in [0.29, 0.717) is 0 Å². The van der Waals surface area contributed by atoms with Gasteiger partial charge < -0.3 is 18.9 Å². The van der Waals surface area contributed by atoms with Crippen molar-refractivity contribution in [3.8, 4) is 5.75 Å². The molecular weight excluding hydrogens is 277 g/mol. The van der Waals surface area contributed by atoms with E-state index in [4.69, 9.17) is 14.0 Å². The lowest BCUT2D eigenvalue weighted by atomic mass is 9.74. The van der Waals surface area contributed by atoms with Gasteiger partial charge in [-0.05, 0) is 51.2 Å². The molecule has 0 aliphatic carbocycles. The van der Waals surface area contributed by atoms with Crippen LogP contribution < -0.4 is 15.1 Å². The predicted molar refractivity (Wildman–Crippen MR) is 90.3 cm³/mol. The fourth-order valence-corrected chi connectivity index (χ4v) is 3.13. The average Bonchev–Trinajstić information content (AvgIpc) is 2.66. The van der Waals surface area contributed by atoms with E-state index in [1.165, 1.54) is 11.3 Å². The van der Waals surface area contributed by atoms with Gasteiger partial charge in [0.25, 0.3) is 0 Å². The monoisotopic (exact) mass is 303 g/mol. The molecule has 0 saturated carbocycles. The van der Waals surface area contributed by atoms with Crippen molar-refractivity contribution >= 4 is 18.3 Å². The summed E-state index contributed by atoms with van der Waals surface area (Å²) in [7, 11) is 1.80. The highest BCUT2D eigenvalue weighted by Crippen LogP contribution is 2.39. The lowest BCUT2D eigenvalue weighted by molar-refractivity contribution is 0.00578. The van der Waals surface area contributed by atoms with Crippen LogP contribution in [0.15, 0.2) is 12.1 Å². The summed E-state index contributed by atoms with van der Waals surface area (Å²) in [4.78, 5) is 2.27. The summed E-state index contributed by atoms with van der Waals surface area (Å²) in [5.41, 5.74) is 2.93. The molecule has 1 aromatic carbocycles. The predicted octanol–water partition coefficient (Wildman–Crippen LogP) is 2.38. The maximum Gasteiger partial charge on any atom is 0.495 e. The first-order valence-corrected chi connectivity index (χ1v) is 8.12. The molecule has 0 aromatic heterocycles. The Balaban J connectivity index is 2.04. The van der Waals surface area contributed by atoms with E-state index in [-0.39, 0.29) is 18.3 Å². The number of rotatable bonds is 2. The van der Waals surface area contributed by atoms with E-state index in [1.54, 1.807) is 0 Å². The number of hydrogen-bond acceptors (Lipinski definition) is 4. The lowest BCUT2D eigenvalue weighted by Gasteiger charge is -2.32. The molecule has 1 aromatic rings. The molecule has 1 saturated heterocycles. The van der Waals surface area contributed by atoms with Gasteiger partial charge in [-0.3, -0.25) is 0 Å². The number of fused-ring (bicyclic) bond motifs is 1. The van der Waals surface area contributed by atoms with Crippen LogP contribution in [-0.2, 0) is 15.7 Å². The summed E-state index contributed by atoms with van der Waals surface area (Å²) >= 11 is 0. The summed E-state index contributed by atoms with van der Waals surface area (Å²) in [5.74, 6) is 0.964. The first-order chi connectivity index (χ1) is 10.3. The molecule has 22 heavy (non-hydrogen) atoms.